The maximum Gasteiger partial charge on any atom is 0.335 e. The van der Waals surface area contributed by atoms with E-state index in [1.54, 1.807) is 10.9 Å². The molecule has 0 unspecified atom stereocenters. The lowest BCUT2D eigenvalue weighted by Crippen LogP contribution is -2.25. The van der Waals surface area contributed by atoms with Crippen LogP contribution >= 0.6 is 11.3 Å². The summed E-state index contributed by atoms with van der Waals surface area (Å²) in [6.45, 7) is 1.22. The molecular formula is C12H11FN2O4S2. The van der Waals surface area contributed by atoms with E-state index in [-0.39, 0.29) is 12.1 Å². The lowest BCUT2D eigenvalue weighted by molar-refractivity contribution is 0.0696. The van der Waals surface area contributed by atoms with E-state index in [9.17, 15) is 17.6 Å². The Morgan fingerprint density at radius 1 is 1.48 bits per heavy atom. The molecule has 6 nitrogen and oxygen atoms in total. The second-order valence-electron chi connectivity index (χ2n) is 4.19. The van der Waals surface area contributed by atoms with Crippen LogP contribution in [0.5, 0.6) is 0 Å². The quantitative estimate of drug-likeness (QED) is 0.871. The van der Waals surface area contributed by atoms with Gasteiger partial charge >= 0.3 is 5.97 Å². The molecule has 1 aromatic heterocycles. The number of carbonyl (C=O) groups is 1. The molecule has 1 aromatic carbocycles. The summed E-state index contributed by atoms with van der Waals surface area (Å²) in [6.07, 6.45) is 0. The van der Waals surface area contributed by atoms with E-state index in [1.807, 2.05) is 0 Å². The van der Waals surface area contributed by atoms with Crippen molar-refractivity contribution in [3.05, 3.63) is 45.7 Å². The summed E-state index contributed by atoms with van der Waals surface area (Å²) in [5.41, 5.74) is 1.52. The van der Waals surface area contributed by atoms with Crippen LogP contribution in [0.2, 0.25) is 0 Å². The van der Waals surface area contributed by atoms with E-state index in [2.05, 4.69) is 9.71 Å². The van der Waals surface area contributed by atoms with E-state index in [0.717, 1.165) is 12.1 Å². The van der Waals surface area contributed by atoms with Gasteiger partial charge in [-0.05, 0) is 19.1 Å². The van der Waals surface area contributed by atoms with Crippen LogP contribution in [0.25, 0.3) is 0 Å². The molecule has 2 N–H and O–H groups in total. The van der Waals surface area contributed by atoms with Crippen molar-refractivity contribution in [1.29, 1.82) is 0 Å². The highest BCUT2D eigenvalue weighted by molar-refractivity contribution is 7.89. The van der Waals surface area contributed by atoms with Gasteiger partial charge in [-0.3, -0.25) is 0 Å². The molecule has 0 amide bonds. The van der Waals surface area contributed by atoms with E-state index in [0.29, 0.717) is 5.69 Å². The molecule has 21 heavy (non-hydrogen) atoms. The molecule has 0 aliphatic heterocycles. The fourth-order valence-electron chi connectivity index (χ4n) is 1.63. The molecular weight excluding hydrogens is 319 g/mol. The van der Waals surface area contributed by atoms with E-state index in [4.69, 9.17) is 5.11 Å². The molecule has 2 rings (SSSR count). The zero-order valence-electron chi connectivity index (χ0n) is 10.8. The van der Waals surface area contributed by atoms with E-state index in [1.165, 1.54) is 18.3 Å². The first-order valence-electron chi connectivity index (χ1n) is 5.71. The van der Waals surface area contributed by atoms with Crippen molar-refractivity contribution in [1.82, 2.24) is 9.71 Å². The zero-order chi connectivity index (χ0) is 15.6. The second-order valence-corrected chi connectivity index (χ2v) is 6.64. The number of benzene rings is 1. The highest BCUT2D eigenvalue weighted by atomic mass is 32.2. The molecule has 9 heteroatoms. The Bertz CT molecular complexity index is 773. The molecule has 0 atom stereocenters. The van der Waals surface area contributed by atoms with Crippen LogP contribution in [0.4, 0.5) is 4.39 Å². The van der Waals surface area contributed by atoms with Gasteiger partial charge in [0.1, 0.15) is 5.82 Å². The molecule has 0 aliphatic carbocycles. The maximum absolute atomic E-state index is 13.7. The van der Waals surface area contributed by atoms with Gasteiger partial charge in [-0.15, -0.1) is 11.3 Å². The van der Waals surface area contributed by atoms with Crippen LogP contribution in [0, 0.1) is 12.7 Å². The summed E-state index contributed by atoms with van der Waals surface area (Å²) in [7, 11) is -4.03. The maximum atomic E-state index is 13.7. The van der Waals surface area contributed by atoms with Crippen LogP contribution in [-0.4, -0.2) is 24.5 Å². The lowest BCUT2D eigenvalue weighted by atomic mass is 10.1. The first-order valence-corrected chi connectivity index (χ1v) is 8.14. The van der Waals surface area contributed by atoms with Crippen LogP contribution in [0.3, 0.4) is 0 Å². The van der Waals surface area contributed by atoms with Crippen molar-refractivity contribution in [2.75, 3.05) is 0 Å². The molecule has 1 heterocycles. The number of halogens is 1. The van der Waals surface area contributed by atoms with Gasteiger partial charge in [0.2, 0.25) is 10.0 Å². The fourth-order valence-corrected chi connectivity index (χ4v) is 3.46. The van der Waals surface area contributed by atoms with Crippen LogP contribution in [0.15, 0.2) is 27.9 Å². The Balaban J connectivity index is 2.37. The SMILES string of the molecule is Cc1c(F)cc(C(=O)O)cc1S(=O)(=O)NCc1cscn1. The number of hydrogen-bond donors (Lipinski definition) is 2. The Hall–Kier alpha value is -1.84. The predicted molar refractivity (Wildman–Crippen MR) is 74.2 cm³/mol. The third-order valence-corrected chi connectivity index (χ3v) is 4.92. The average Bonchev–Trinajstić information content (AvgIpc) is 2.92. The highest BCUT2D eigenvalue weighted by Crippen LogP contribution is 2.21. The standard InChI is InChI=1S/C12H11FN2O4S2/c1-7-10(13)2-8(12(16)17)3-11(7)21(18,19)15-4-9-5-20-6-14-9/h2-3,5-6,15H,4H2,1H3,(H,16,17). The number of carboxylic acid groups (broad SMARTS) is 1. The third kappa shape index (κ3) is 3.43. The second kappa shape index (κ2) is 5.88. The molecule has 0 saturated carbocycles. The topological polar surface area (TPSA) is 96.4 Å². The molecule has 112 valence electrons. The lowest BCUT2D eigenvalue weighted by Gasteiger charge is -2.10. The number of aromatic carboxylic acids is 1. The van der Waals surface area contributed by atoms with Crippen LogP contribution in [0.1, 0.15) is 21.6 Å². The minimum Gasteiger partial charge on any atom is -0.478 e. The summed E-state index contributed by atoms with van der Waals surface area (Å²) in [4.78, 5) is 14.4. The Kier molecular flexibility index (Phi) is 4.35. The summed E-state index contributed by atoms with van der Waals surface area (Å²) >= 11 is 1.31. The molecule has 2 aromatic rings. The van der Waals surface area contributed by atoms with Crippen molar-refractivity contribution in [2.45, 2.75) is 18.4 Å². The molecule has 0 radical (unpaired) electrons. The van der Waals surface area contributed by atoms with E-state index < -0.39 is 32.3 Å². The van der Waals surface area contributed by atoms with Gasteiger partial charge in [-0.2, -0.15) is 0 Å². The number of sulfonamides is 1. The molecule has 0 bridgehead atoms. The normalized spacial score (nSPS) is 11.5. The van der Waals surface area contributed by atoms with Crippen molar-refractivity contribution < 1.29 is 22.7 Å². The van der Waals surface area contributed by atoms with Gasteiger partial charge in [0.15, 0.2) is 0 Å². The highest BCUT2D eigenvalue weighted by Gasteiger charge is 2.22. The zero-order valence-corrected chi connectivity index (χ0v) is 12.5. The van der Waals surface area contributed by atoms with E-state index >= 15 is 0 Å². The fraction of sp³-hybridized carbons (Fsp3) is 0.167. The summed E-state index contributed by atoms with van der Waals surface area (Å²) in [5.74, 6) is -2.28. The molecule has 0 saturated heterocycles. The molecule has 0 spiro atoms. The number of hydrogen-bond acceptors (Lipinski definition) is 5. The minimum absolute atomic E-state index is 0.0514. The number of carboxylic acids is 1. The van der Waals surface area contributed by atoms with Crippen molar-refractivity contribution in [2.24, 2.45) is 0 Å². The summed E-state index contributed by atoms with van der Waals surface area (Å²) in [5, 5.41) is 10.6. The minimum atomic E-state index is -4.03. The number of aromatic nitrogens is 1. The summed E-state index contributed by atoms with van der Waals surface area (Å²) in [6, 6.07) is 1.72. The van der Waals surface area contributed by atoms with Gasteiger partial charge < -0.3 is 5.11 Å². The predicted octanol–water partition coefficient (Wildman–Crippen LogP) is 1.77. The largest absolute Gasteiger partial charge is 0.478 e. The Morgan fingerprint density at radius 2 is 2.19 bits per heavy atom. The summed E-state index contributed by atoms with van der Waals surface area (Å²) < 4.78 is 40.3. The Morgan fingerprint density at radius 3 is 2.76 bits per heavy atom. The van der Waals surface area contributed by atoms with Gasteiger partial charge in [0, 0.05) is 10.9 Å². The van der Waals surface area contributed by atoms with Crippen molar-refractivity contribution >= 4 is 27.3 Å². The first-order chi connectivity index (χ1) is 9.81. The first kappa shape index (κ1) is 15.5. The van der Waals surface area contributed by atoms with Crippen LogP contribution in [-0.2, 0) is 16.6 Å². The monoisotopic (exact) mass is 330 g/mol. The molecule has 0 aliphatic rings. The van der Waals surface area contributed by atoms with Gasteiger partial charge in [0.25, 0.3) is 0 Å². The third-order valence-electron chi connectivity index (χ3n) is 2.76. The average molecular weight is 330 g/mol. The smallest absolute Gasteiger partial charge is 0.335 e. The number of nitrogens with one attached hydrogen (secondary N) is 1. The Labute approximate surface area is 124 Å². The van der Waals surface area contributed by atoms with Crippen molar-refractivity contribution in [3.8, 4) is 0 Å². The van der Waals surface area contributed by atoms with Crippen LogP contribution < -0.4 is 4.72 Å². The number of rotatable bonds is 5. The van der Waals surface area contributed by atoms with Gasteiger partial charge in [0.05, 0.1) is 28.2 Å². The number of thiazole rings is 1. The molecule has 0 fully saturated rings. The van der Waals surface area contributed by atoms with Gasteiger partial charge in [-0.25, -0.2) is 27.3 Å². The van der Waals surface area contributed by atoms with Crippen molar-refractivity contribution in [3.63, 3.8) is 0 Å². The number of nitrogens with zero attached hydrogens (tertiary/aromatic N) is 1. The van der Waals surface area contributed by atoms with Gasteiger partial charge in [-0.1, -0.05) is 0 Å².